The number of benzene rings is 1. The summed E-state index contributed by atoms with van der Waals surface area (Å²) in [5.74, 6) is 5.05. The molecule has 0 saturated carbocycles. The minimum Gasteiger partial charge on any atom is -0.271 e. The van der Waals surface area contributed by atoms with Gasteiger partial charge in [0.25, 0.3) is 0 Å². The van der Waals surface area contributed by atoms with Crippen LogP contribution in [-0.2, 0) is 0 Å². The highest BCUT2D eigenvalue weighted by atomic mass is 19.1. The second kappa shape index (κ2) is 4.74. The molecule has 0 saturated heterocycles. The fourth-order valence-electron chi connectivity index (χ4n) is 1.21. The first-order valence-corrected chi connectivity index (χ1v) is 4.11. The first-order valence-electron chi connectivity index (χ1n) is 4.11. The minimum atomic E-state index is -0.243. The Morgan fingerprint density at radius 3 is 2.77 bits per heavy atom. The van der Waals surface area contributed by atoms with Crippen LogP contribution >= 0.6 is 0 Å². The topological polar surface area (TPSA) is 38.0 Å². The van der Waals surface area contributed by atoms with Gasteiger partial charge < -0.3 is 0 Å². The molecule has 1 aromatic rings. The third-order valence-electron chi connectivity index (χ3n) is 1.88. The summed E-state index contributed by atoms with van der Waals surface area (Å²) in [6.45, 7) is 3.59. The van der Waals surface area contributed by atoms with Gasteiger partial charge in [0.05, 0.1) is 6.04 Å². The largest absolute Gasteiger partial charge is 0.271 e. The van der Waals surface area contributed by atoms with Gasteiger partial charge in [-0.2, -0.15) is 0 Å². The summed E-state index contributed by atoms with van der Waals surface area (Å²) in [5.41, 5.74) is 3.12. The number of hydrazine groups is 1. The van der Waals surface area contributed by atoms with Crippen LogP contribution in [0.5, 0.6) is 0 Å². The summed E-state index contributed by atoms with van der Waals surface area (Å²) < 4.78 is 13.2. The zero-order valence-corrected chi connectivity index (χ0v) is 7.33. The Bertz CT molecular complexity index is 286. The van der Waals surface area contributed by atoms with Crippen LogP contribution in [0.3, 0.4) is 0 Å². The van der Waals surface area contributed by atoms with Crippen LogP contribution in [0.4, 0.5) is 4.39 Å². The molecule has 1 rings (SSSR count). The van der Waals surface area contributed by atoms with Crippen molar-refractivity contribution in [1.82, 2.24) is 5.43 Å². The molecule has 1 unspecified atom stereocenters. The number of halogens is 1. The van der Waals surface area contributed by atoms with Gasteiger partial charge in [-0.05, 0) is 12.5 Å². The number of hydrogen-bond donors (Lipinski definition) is 2. The van der Waals surface area contributed by atoms with Crippen LogP contribution in [0.1, 0.15) is 18.0 Å². The van der Waals surface area contributed by atoms with E-state index in [1.807, 2.05) is 0 Å². The zero-order chi connectivity index (χ0) is 9.68. The van der Waals surface area contributed by atoms with Crippen LogP contribution in [0.15, 0.2) is 36.9 Å². The molecular weight excluding hydrogens is 167 g/mol. The standard InChI is InChI=1S/C10H13FN2/c1-2-5-10(13-12)8-6-3-4-7-9(8)11/h2-4,6-7,10,13H,1,5,12H2. The van der Waals surface area contributed by atoms with Crippen molar-refractivity contribution in [3.05, 3.63) is 48.3 Å². The lowest BCUT2D eigenvalue weighted by molar-refractivity contribution is 0.517. The maximum absolute atomic E-state index is 13.2. The maximum atomic E-state index is 13.2. The molecule has 70 valence electrons. The minimum absolute atomic E-state index is 0.196. The van der Waals surface area contributed by atoms with Crippen molar-refractivity contribution in [2.45, 2.75) is 12.5 Å². The first-order chi connectivity index (χ1) is 6.29. The molecule has 2 nitrogen and oxygen atoms in total. The normalized spacial score (nSPS) is 12.5. The summed E-state index contributed by atoms with van der Waals surface area (Å²) in [5, 5.41) is 0. The summed E-state index contributed by atoms with van der Waals surface area (Å²) in [6, 6.07) is 6.37. The molecule has 1 aromatic carbocycles. The van der Waals surface area contributed by atoms with Crippen LogP contribution in [-0.4, -0.2) is 0 Å². The van der Waals surface area contributed by atoms with Crippen molar-refractivity contribution in [1.29, 1.82) is 0 Å². The van der Waals surface area contributed by atoms with Gasteiger partial charge in [0.1, 0.15) is 5.82 Å². The Morgan fingerprint density at radius 2 is 2.23 bits per heavy atom. The second-order valence-electron chi connectivity index (χ2n) is 2.77. The van der Waals surface area contributed by atoms with Crippen molar-refractivity contribution in [3.63, 3.8) is 0 Å². The number of nitrogens with one attached hydrogen (secondary N) is 1. The SMILES string of the molecule is C=CCC(NN)c1ccccc1F. The first kappa shape index (κ1) is 9.89. The van der Waals surface area contributed by atoms with Gasteiger partial charge in [0.2, 0.25) is 0 Å². The van der Waals surface area contributed by atoms with Gasteiger partial charge in [0, 0.05) is 5.56 Å². The smallest absolute Gasteiger partial charge is 0.128 e. The van der Waals surface area contributed by atoms with E-state index >= 15 is 0 Å². The predicted octanol–water partition coefficient (Wildman–Crippen LogP) is 1.91. The molecule has 0 bridgehead atoms. The summed E-state index contributed by atoms with van der Waals surface area (Å²) >= 11 is 0. The summed E-state index contributed by atoms with van der Waals surface area (Å²) in [6.07, 6.45) is 2.31. The molecule has 3 N–H and O–H groups in total. The molecule has 3 heteroatoms. The van der Waals surface area contributed by atoms with E-state index in [2.05, 4.69) is 12.0 Å². The van der Waals surface area contributed by atoms with Crippen LogP contribution < -0.4 is 11.3 Å². The molecule has 0 aromatic heterocycles. The van der Waals surface area contributed by atoms with E-state index in [0.29, 0.717) is 12.0 Å². The van der Waals surface area contributed by atoms with E-state index in [4.69, 9.17) is 5.84 Å². The molecule has 0 aliphatic carbocycles. The molecule has 0 aliphatic heterocycles. The van der Waals surface area contributed by atoms with Crippen LogP contribution in [0, 0.1) is 5.82 Å². The fourth-order valence-corrected chi connectivity index (χ4v) is 1.21. The number of hydrogen-bond acceptors (Lipinski definition) is 2. The van der Waals surface area contributed by atoms with Gasteiger partial charge in [-0.15, -0.1) is 6.58 Å². The summed E-state index contributed by atoms with van der Waals surface area (Å²) in [7, 11) is 0. The fraction of sp³-hybridized carbons (Fsp3) is 0.200. The van der Waals surface area contributed by atoms with E-state index in [0.717, 1.165) is 0 Å². The molecule has 1 atom stereocenters. The average molecular weight is 180 g/mol. The average Bonchev–Trinajstić information content (AvgIpc) is 2.16. The lowest BCUT2D eigenvalue weighted by Gasteiger charge is -2.14. The quantitative estimate of drug-likeness (QED) is 0.422. The van der Waals surface area contributed by atoms with Gasteiger partial charge in [-0.1, -0.05) is 24.3 Å². The molecular formula is C10H13FN2. The Morgan fingerprint density at radius 1 is 1.54 bits per heavy atom. The lowest BCUT2D eigenvalue weighted by atomic mass is 10.0. The Kier molecular flexibility index (Phi) is 3.61. The van der Waals surface area contributed by atoms with E-state index in [1.54, 1.807) is 24.3 Å². The van der Waals surface area contributed by atoms with Gasteiger partial charge in [-0.3, -0.25) is 11.3 Å². The Hall–Kier alpha value is -1.19. The third-order valence-corrected chi connectivity index (χ3v) is 1.88. The van der Waals surface area contributed by atoms with Crippen LogP contribution in [0.2, 0.25) is 0 Å². The third kappa shape index (κ3) is 2.37. The molecule has 0 aliphatic rings. The summed E-state index contributed by atoms with van der Waals surface area (Å²) in [4.78, 5) is 0. The van der Waals surface area contributed by atoms with E-state index in [1.165, 1.54) is 6.07 Å². The molecule has 0 radical (unpaired) electrons. The Balaban J connectivity index is 2.90. The monoisotopic (exact) mass is 180 g/mol. The van der Waals surface area contributed by atoms with Crippen molar-refractivity contribution in [3.8, 4) is 0 Å². The van der Waals surface area contributed by atoms with E-state index in [-0.39, 0.29) is 11.9 Å². The van der Waals surface area contributed by atoms with Crippen molar-refractivity contribution >= 4 is 0 Å². The van der Waals surface area contributed by atoms with Crippen molar-refractivity contribution in [2.24, 2.45) is 5.84 Å². The molecule has 0 heterocycles. The lowest BCUT2D eigenvalue weighted by Crippen LogP contribution is -2.28. The Labute approximate surface area is 77.2 Å². The van der Waals surface area contributed by atoms with Gasteiger partial charge >= 0.3 is 0 Å². The molecule has 0 amide bonds. The second-order valence-corrected chi connectivity index (χ2v) is 2.77. The van der Waals surface area contributed by atoms with Crippen molar-refractivity contribution in [2.75, 3.05) is 0 Å². The predicted molar refractivity (Wildman–Crippen MR) is 51.3 cm³/mol. The highest BCUT2D eigenvalue weighted by Gasteiger charge is 2.11. The molecule has 0 fully saturated rings. The highest BCUT2D eigenvalue weighted by molar-refractivity contribution is 5.21. The van der Waals surface area contributed by atoms with Crippen LogP contribution in [0.25, 0.3) is 0 Å². The highest BCUT2D eigenvalue weighted by Crippen LogP contribution is 2.18. The van der Waals surface area contributed by atoms with E-state index < -0.39 is 0 Å². The molecule has 0 spiro atoms. The maximum Gasteiger partial charge on any atom is 0.128 e. The van der Waals surface area contributed by atoms with E-state index in [9.17, 15) is 4.39 Å². The van der Waals surface area contributed by atoms with Crippen molar-refractivity contribution < 1.29 is 4.39 Å². The zero-order valence-electron chi connectivity index (χ0n) is 7.33. The van der Waals surface area contributed by atoms with Gasteiger partial charge in [-0.25, -0.2) is 4.39 Å². The van der Waals surface area contributed by atoms with Gasteiger partial charge in [0.15, 0.2) is 0 Å². The number of rotatable bonds is 4. The number of nitrogens with two attached hydrogens (primary N) is 1. The molecule has 13 heavy (non-hydrogen) atoms.